The van der Waals surface area contributed by atoms with Gasteiger partial charge in [-0.15, -0.1) is 0 Å². The maximum absolute atomic E-state index is 11.8. The van der Waals surface area contributed by atoms with Crippen molar-refractivity contribution in [2.75, 3.05) is 0 Å². The summed E-state index contributed by atoms with van der Waals surface area (Å²) in [5, 5.41) is 0. The fourth-order valence-electron chi connectivity index (χ4n) is 3.27. The van der Waals surface area contributed by atoms with E-state index in [0.717, 1.165) is 18.8 Å². The second-order valence-corrected chi connectivity index (χ2v) is 5.42. The molecular formula is C15H26O. The highest BCUT2D eigenvalue weighted by atomic mass is 16.1. The monoisotopic (exact) mass is 226 g/mol. The fraction of sp³-hybridized carbons (Fsp3) is 0.933. The molecule has 0 radical (unpaired) electrons. The van der Waals surface area contributed by atoms with Crippen molar-refractivity contribution in [3.05, 3.63) is 0 Å². The van der Waals surface area contributed by atoms with Crippen LogP contribution in [0.25, 0.3) is 0 Å². The first kappa shape index (κ1) is 7.89. The lowest BCUT2D eigenvalue weighted by molar-refractivity contribution is -0.121. The molecule has 1 nitrogen and oxygen atoms in total. The smallest absolute Gasteiger partial charge is 0.132 e. The van der Waals surface area contributed by atoms with Crippen molar-refractivity contribution in [3.8, 4) is 0 Å². The third-order valence-electron chi connectivity index (χ3n) is 4.30. The minimum atomic E-state index is -1.98. The molecule has 2 rings (SSSR count). The van der Waals surface area contributed by atoms with Gasteiger partial charge in [-0.25, -0.2) is 0 Å². The predicted octanol–water partition coefficient (Wildman–Crippen LogP) is 4.35. The van der Waals surface area contributed by atoms with Gasteiger partial charge < -0.3 is 0 Å². The summed E-state index contributed by atoms with van der Waals surface area (Å²) in [4.78, 5) is 11.8. The van der Waals surface area contributed by atoms with E-state index in [-0.39, 0.29) is 18.8 Å². The molecular weight excluding hydrogens is 196 g/mol. The molecule has 2 fully saturated rings. The molecule has 0 amide bonds. The van der Waals surface area contributed by atoms with Gasteiger partial charge in [-0.1, -0.05) is 32.6 Å². The molecule has 0 aromatic heterocycles. The van der Waals surface area contributed by atoms with Gasteiger partial charge in [0, 0.05) is 18.2 Å². The molecule has 16 heavy (non-hydrogen) atoms. The molecule has 0 spiro atoms. The number of ketones is 1. The first-order valence-corrected chi connectivity index (χ1v) is 6.81. The van der Waals surface area contributed by atoms with Crippen LogP contribution in [0.15, 0.2) is 0 Å². The van der Waals surface area contributed by atoms with Gasteiger partial charge in [-0.05, 0) is 43.4 Å². The highest BCUT2D eigenvalue weighted by Crippen LogP contribution is 2.40. The van der Waals surface area contributed by atoms with Crippen LogP contribution in [0.1, 0.15) is 76.5 Å². The maximum atomic E-state index is 11.8. The second-order valence-electron chi connectivity index (χ2n) is 5.42. The quantitative estimate of drug-likeness (QED) is 0.699. The number of hydrogen-bond acceptors (Lipinski definition) is 1. The molecule has 0 N–H and O–H groups in total. The van der Waals surface area contributed by atoms with E-state index >= 15 is 0 Å². The van der Waals surface area contributed by atoms with Gasteiger partial charge in [0.1, 0.15) is 5.78 Å². The van der Waals surface area contributed by atoms with E-state index in [2.05, 4.69) is 6.92 Å². The van der Waals surface area contributed by atoms with Crippen LogP contribution in [0.2, 0.25) is 0 Å². The average molecular weight is 226 g/mol. The van der Waals surface area contributed by atoms with Crippen LogP contribution in [0.3, 0.4) is 0 Å². The number of carbonyl (C=O) groups excluding carboxylic acids is 1. The van der Waals surface area contributed by atoms with Crippen LogP contribution in [0.5, 0.6) is 0 Å². The Hall–Kier alpha value is -0.330. The third kappa shape index (κ3) is 3.09. The van der Waals surface area contributed by atoms with Crippen molar-refractivity contribution in [1.82, 2.24) is 0 Å². The Labute approximate surface area is 106 Å². The zero-order valence-electron chi connectivity index (χ0n) is 14.3. The average Bonchev–Trinajstić information content (AvgIpc) is 2.36. The normalized spacial score (nSPS) is 42.9. The molecule has 1 heteroatoms. The van der Waals surface area contributed by atoms with E-state index in [4.69, 9.17) is 5.48 Å². The highest BCUT2D eigenvalue weighted by Gasteiger charge is 2.29. The predicted molar refractivity (Wildman–Crippen MR) is 67.3 cm³/mol. The summed E-state index contributed by atoms with van der Waals surface area (Å²) < 4.78 is 31.3. The van der Waals surface area contributed by atoms with Gasteiger partial charge in [0.2, 0.25) is 0 Å². The Morgan fingerprint density at radius 2 is 1.62 bits per heavy atom. The van der Waals surface area contributed by atoms with Crippen molar-refractivity contribution in [2.24, 2.45) is 17.8 Å². The van der Waals surface area contributed by atoms with Crippen molar-refractivity contribution < 1.29 is 10.3 Å². The largest absolute Gasteiger partial charge is 0.300 e. The lowest BCUT2D eigenvalue weighted by Gasteiger charge is -2.35. The Balaban J connectivity index is 1.99. The number of rotatable bonds is 3. The van der Waals surface area contributed by atoms with E-state index < -0.39 is 18.5 Å². The lowest BCUT2D eigenvalue weighted by Crippen LogP contribution is -2.25. The van der Waals surface area contributed by atoms with E-state index in [9.17, 15) is 4.79 Å². The number of hydrogen-bond donors (Lipinski definition) is 0. The lowest BCUT2D eigenvalue weighted by atomic mass is 9.70. The second kappa shape index (κ2) is 5.84. The van der Waals surface area contributed by atoms with Crippen LogP contribution in [0.4, 0.5) is 0 Å². The standard InChI is InChI=1S/C15H26O/c1-2-3-12-4-6-13(7-5-12)14-8-10-15(16)11-9-14/h12-14H,2-11H2,1H3/t12-,13-/i10D2,11D2. The summed E-state index contributed by atoms with van der Waals surface area (Å²) in [6, 6.07) is 0. The maximum Gasteiger partial charge on any atom is 0.132 e. The molecule has 0 saturated heterocycles. The summed E-state index contributed by atoms with van der Waals surface area (Å²) in [6.07, 6.45) is 3.51. The minimum Gasteiger partial charge on any atom is -0.300 e. The van der Waals surface area contributed by atoms with Crippen molar-refractivity contribution in [2.45, 2.75) is 71.0 Å². The molecule has 2 saturated carbocycles. The van der Waals surface area contributed by atoms with Crippen molar-refractivity contribution in [1.29, 1.82) is 0 Å². The molecule has 2 aliphatic rings. The third-order valence-corrected chi connectivity index (χ3v) is 4.30. The molecule has 0 heterocycles. The summed E-state index contributed by atoms with van der Waals surface area (Å²) in [6.45, 7) is 2.21. The van der Waals surface area contributed by atoms with Crippen LogP contribution < -0.4 is 0 Å². The zero-order valence-corrected chi connectivity index (χ0v) is 10.3. The van der Waals surface area contributed by atoms with E-state index in [1.54, 1.807) is 0 Å². The van der Waals surface area contributed by atoms with E-state index in [1.165, 1.54) is 25.7 Å². The Kier molecular flexibility index (Phi) is 2.88. The van der Waals surface area contributed by atoms with Crippen LogP contribution in [-0.2, 0) is 4.79 Å². The molecule has 2 aliphatic carbocycles. The molecule has 92 valence electrons. The fourth-order valence-corrected chi connectivity index (χ4v) is 3.27. The van der Waals surface area contributed by atoms with Gasteiger partial charge in [-0.2, -0.15) is 0 Å². The molecule has 0 bridgehead atoms. The Bertz CT molecular complexity index is 339. The molecule has 0 unspecified atom stereocenters. The van der Waals surface area contributed by atoms with Gasteiger partial charge >= 0.3 is 0 Å². The number of carbonyl (C=O) groups is 1. The zero-order chi connectivity index (χ0) is 15.0. The molecule has 0 atom stereocenters. The highest BCUT2D eigenvalue weighted by molar-refractivity contribution is 5.79. The first-order chi connectivity index (χ1) is 9.26. The topological polar surface area (TPSA) is 17.1 Å². The number of Topliss-reactive ketones (excluding diaryl/α,β-unsaturated/α-hetero) is 1. The summed E-state index contributed by atoms with van der Waals surface area (Å²) >= 11 is 0. The van der Waals surface area contributed by atoms with Crippen molar-refractivity contribution >= 4 is 5.78 Å². The van der Waals surface area contributed by atoms with Crippen LogP contribution >= 0.6 is 0 Å². The van der Waals surface area contributed by atoms with Crippen LogP contribution in [-0.4, -0.2) is 5.78 Å². The van der Waals surface area contributed by atoms with E-state index in [0.29, 0.717) is 5.92 Å². The van der Waals surface area contributed by atoms with Gasteiger partial charge in [0.05, 0.1) is 0 Å². The van der Waals surface area contributed by atoms with Crippen molar-refractivity contribution in [3.63, 3.8) is 0 Å². The van der Waals surface area contributed by atoms with Gasteiger partial charge in [0.25, 0.3) is 0 Å². The van der Waals surface area contributed by atoms with Gasteiger partial charge in [0.15, 0.2) is 0 Å². The molecule has 0 aromatic rings. The minimum absolute atomic E-state index is 0.0280. The molecule has 0 aromatic carbocycles. The molecule has 0 aliphatic heterocycles. The summed E-state index contributed by atoms with van der Waals surface area (Å²) in [7, 11) is 0. The summed E-state index contributed by atoms with van der Waals surface area (Å²) in [5.74, 6) is 0.387. The van der Waals surface area contributed by atoms with Gasteiger partial charge in [-0.3, -0.25) is 4.79 Å². The Morgan fingerprint density at radius 1 is 1.06 bits per heavy atom. The van der Waals surface area contributed by atoms with E-state index in [1.807, 2.05) is 0 Å². The van der Waals surface area contributed by atoms with Crippen LogP contribution in [0, 0.1) is 17.8 Å². The Morgan fingerprint density at radius 3 is 2.19 bits per heavy atom. The summed E-state index contributed by atoms with van der Waals surface area (Å²) in [5.41, 5.74) is 0. The first-order valence-electron chi connectivity index (χ1n) is 8.81. The SMILES string of the molecule is [2H]C1([2H])CC([C@H]2CC[C@H](CCC)CC2)CC([2H])([2H])C1=O.